The van der Waals surface area contributed by atoms with Gasteiger partial charge in [0.05, 0.1) is 6.04 Å². The normalized spacial score (nSPS) is 12.2. The molecule has 2 rings (SSSR count). The van der Waals surface area contributed by atoms with Gasteiger partial charge in [-0.15, -0.1) is 0 Å². The van der Waals surface area contributed by atoms with Crippen molar-refractivity contribution < 1.29 is 18.0 Å². The van der Waals surface area contributed by atoms with E-state index < -0.39 is 17.5 Å². The topological polar surface area (TPSA) is 81.1 Å². The van der Waals surface area contributed by atoms with Crippen LogP contribution in [-0.2, 0) is 6.54 Å². The average molecular weight is 295 g/mol. The maximum absolute atomic E-state index is 13.0. The number of rotatable bonds is 5. The number of carbonyl (C=O) groups excluding carboxylic acids is 1. The Bertz CT molecular complexity index is 643. The lowest BCUT2D eigenvalue weighted by atomic mass is 10.2. The molecule has 112 valence electrons. The SMILES string of the molecule is CCC(N)c1nc(C(=O)NCc2ccc(F)c(F)c2)co1. The van der Waals surface area contributed by atoms with Gasteiger partial charge in [0.15, 0.2) is 17.3 Å². The number of halogens is 2. The van der Waals surface area contributed by atoms with Crippen molar-refractivity contribution >= 4 is 5.91 Å². The zero-order chi connectivity index (χ0) is 15.4. The second-order valence-electron chi connectivity index (χ2n) is 4.52. The van der Waals surface area contributed by atoms with Gasteiger partial charge in [-0.2, -0.15) is 0 Å². The van der Waals surface area contributed by atoms with E-state index in [0.29, 0.717) is 12.0 Å². The van der Waals surface area contributed by atoms with E-state index in [4.69, 9.17) is 10.2 Å². The highest BCUT2D eigenvalue weighted by atomic mass is 19.2. The Kier molecular flexibility index (Phi) is 4.64. The first-order valence-electron chi connectivity index (χ1n) is 6.44. The van der Waals surface area contributed by atoms with Crippen LogP contribution in [0.5, 0.6) is 0 Å². The maximum atomic E-state index is 13.0. The Balaban J connectivity index is 1.98. The smallest absolute Gasteiger partial charge is 0.273 e. The Morgan fingerprint density at radius 1 is 1.43 bits per heavy atom. The lowest BCUT2D eigenvalue weighted by Crippen LogP contribution is -2.23. The summed E-state index contributed by atoms with van der Waals surface area (Å²) in [5, 5.41) is 2.54. The predicted octanol–water partition coefficient (Wildman–Crippen LogP) is 2.29. The first-order valence-corrected chi connectivity index (χ1v) is 6.44. The number of nitrogens with two attached hydrogens (primary N) is 1. The highest BCUT2D eigenvalue weighted by molar-refractivity contribution is 5.91. The van der Waals surface area contributed by atoms with Crippen LogP contribution in [0, 0.1) is 11.6 Å². The largest absolute Gasteiger partial charge is 0.446 e. The number of nitrogens with one attached hydrogen (secondary N) is 1. The number of hydrogen-bond acceptors (Lipinski definition) is 4. The van der Waals surface area contributed by atoms with Gasteiger partial charge >= 0.3 is 0 Å². The van der Waals surface area contributed by atoms with Crippen LogP contribution in [0.25, 0.3) is 0 Å². The summed E-state index contributed by atoms with van der Waals surface area (Å²) in [6.07, 6.45) is 1.85. The molecular weight excluding hydrogens is 280 g/mol. The fraction of sp³-hybridized carbons (Fsp3) is 0.286. The van der Waals surface area contributed by atoms with Crippen molar-refractivity contribution in [3.63, 3.8) is 0 Å². The van der Waals surface area contributed by atoms with Gasteiger partial charge in [0.2, 0.25) is 5.89 Å². The van der Waals surface area contributed by atoms with Gasteiger partial charge in [-0.05, 0) is 24.1 Å². The van der Waals surface area contributed by atoms with E-state index in [1.807, 2.05) is 6.92 Å². The van der Waals surface area contributed by atoms with E-state index in [0.717, 1.165) is 12.1 Å². The fourth-order valence-electron chi connectivity index (χ4n) is 1.66. The van der Waals surface area contributed by atoms with Crippen LogP contribution in [-0.4, -0.2) is 10.9 Å². The van der Waals surface area contributed by atoms with E-state index in [1.165, 1.54) is 12.3 Å². The molecule has 0 aliphatic heterocycles. The molecule has 0 spiro atoms. The third-order valence-corrected chi connectivity index (χ3v) is 2.95. The molecule has 0 aliphatic carbocycles. The van der Waals surface area contributed by atoms with Crippen molar-refractivity contribution in [2.75, 3.05) is 0 Å². The van der Waals surface area contributed by atoms with Crippen LogP contribution in [0.4, 0.5) is 8.78 Å². The van der Waals surface area contributed by atoms with E-state index in [-0.39, 0.29) is 24.2 Å². The summed E-state index contributed by atoms with van der Waals surface area (Å²) in [5.74, 6) is -2.08. The number of amides is 1. The van der Waals surface area contributed by atoms with Crippen molar-refractivity contribution in [2.45, 2.75) is 25.9 Å². The number of hydrogen-bond donors (Lipinski definition) is 2. The molecule has 1 atom stereocenters. The summed E-state index contributed by atoms with van der Waals surface area (Å²) in [4.78, 5) is 15.8. The summed E-state index contributed by atoms with van der Waals surface area (Å²) in [6, 6.07) is 3.06. The summed E-state index contributed by atoms with van der Waals surface area (Å²) >= 11 is 0. The molecule has 1 unspecified atom stereocenters. The number of benzene rings is 1. The lowest BCUT2D eigenvalue weighted by molar-refractivity contribution is 0.0946. The van der Waals surface area contributed by atoms with E-state index in [9.17, 15) is 13.6 Å². The molecule has 21 heavy (non-hydrogen) atoms. The van der Waals surface area contributed by atoms with Crippen LogP contribution in [0.15, 0.2) is 28.9 Å². The van der Waals surface area contributed by atoms with Gasteiger partial charge in [0.1, 0.15) is 6.26 Å². The number of oxazole rings is 1. The molecule has 1 amide bonds. The van der Waals surface area contributed by atoms with Crippen LogP contribution < -0.4 is 11.1 Å². The van der Waals surface area contributed by atoms with Crippen LogP contribution >= 0.6 is 0 Å². The van der Waals surface area contributed by atoms with Crippen molar-refractivity contribution in [3.8, 4) is 0 Å². The minimum atomic E-state index is -0.959. The first kappa shape index (κ1) is 15.1. The van der Waals surface area contributed by atoms with Gasteiger partial charge in [-0.25, -0.2) is 13.8 Å². The highest BCUT2D eigenvalue weighted by Gasteiger charge is 2.15. The van der Waals surface area contributed by atoms with E-state index >= 15 is 0 Å². The molecule has 0 aliphatic rings. The minimum absolute atomic E-state index is 0.0536. The first-order chi connectivity index (χ1) is 10.0. The molecule has 0 bridgehead atoms. The predicted molar refractivity (Wildman–Crippen MR) is 71.3 cm³/mol. The molecule has 3 N–H and O–H groups in total. The highest BCUT2D eigenvalue weighted by Crippen LogP contribution is 2.13. The van der Waals surface area contributed by atoms with Gasteiger partial charge in [-0.3, -0.25) is 4.79 Å². The monoisotopic (exact) mass is 295 g/mol. The van der Waals surface area contributed by atoms with Crippen molar-refractivity contribution in [3.05, 3.63) is 53.2 Å². The standard InChI is InChI=1S/C14H15F2N3O2/c1-2-11(17)14-19-12(7-21-14)13(20)18-6-8-3-4-9(15)10(16)5-8/h3-5,7,11H,2,6,17H2,1H3,(H,18,20). The maximum Gasteiger partial charge on any atom is 0.273 e. The van der Waals surface area contributed by atoms with Crippen LogP contribution in [0.1, 0.15) is 41.3 Å². The molecule has 1 aromatic carbocycles. The van der Waals surface area contributed by atoms with Gasteiger partial charge < -0.3 is 15.5 Å². The Hall–Kier alpha value is -2.28. The molecule has 0 radical (unpaired) electrons. The second-order valence-corrected chi connectivity index (χ2v) is 4.52. The summed E-state index contributed by atoms with van der Waals surface area (Å²) in [6.45, 7) is 1.93. The zero-order valence-corrected chi connectivity index (χ0v) is 11.4. The Labute approximate surface area is 120 Å². The fourth-order valence-corrected chi connectivity index (χ4v) is 1.66. The summed E-state index contributed by atoms with van der Waals surface area (Å²) < 4.78 is 30.9. The van der Waals surface area contributed by atoms with Crippen LogP contribution in [0.3, 0.4) is 0 Å². The molecule has 1 heterocycles. The van der Waals surface area contributed by atoms with E-state index in [2.05, 4.69) is 10.3 Å². The Morgan fingerprint density at radius 2 is 2.19 bits per heavy atom. The van der Waals surface area contributed by atoms with Crippen molar-refractivity contribution in [2.24, 2.45) is 5.73 Å². The molecular formula is C14H15F2N3O2. The molecule has 0 saturated carbocycles. The summed E-state index contributed by atoms with van der Waals surface area (Å²) in [5.41, 5.74) is 6.27. The Morgan fingerprint density at radius 3 is 2.86 bits per heavy atom. The molecule has 2 aromatic rings. The molecule has 0 fully saturated rings. The molecule has 7 heteroatoms. The minimum Gasteiger partial charge on any atom is -0.446 e. The van der Waals surface area contributed by atoms with Gasteiger partial charge in [0.25, 0.3) is 5.91 Å². The lowest BCUT2D eigenvalue weighted by Gasteiger charge is -2.04. The van der Waals surface area contributed by atoms with Gasteiger partial charge in [0, 0.05) is 6.54 Å². The summed E-state index contributed by atoms with van der Waals surface area (Å²) in [7, 11) is 0. The quantitative estimate of drug-likeness (QED) is 0.886. The number of carbonyl (C=O) groups is 1. The second kappa shape index (κ2) is 6.45. The zero-order valence-electron chi connectivity index (χ0n) is 11.4. The van der Waals surface area contributed by atoms with Gasteiger partial charge in [-0.1, -0.05) is 13.0 Å². The third-order valence-electron chi connectivity index (χ3n) is 2.95. The number of aromatic nitrogens is 1. The van der Waals surface area contributed by atoms with Crippen molar-refractivity contribution in [1.29, 1.82) is 0 Å². The van der Waals surface area contributed by atoms with E-state index in [1.54, 1.807) is 0 Å². The van der Waals surface area contributed by atoms with Crippen molar-refractivity contribution in [1.82, 2.24) is 10.3 Å². The third kappa shape index (κ3) is 3.63. The number of nitrogens with zero attached hydrogens (tertiary/aromatic N) is 1. The molecule has 5 nitrogen and oxygen atoms in total. The molecule has 1 aromatic heterocycles. The average Bonchev–Trinajstić information content (AvgIpc) is 2.97. The van der Waals surface area contributed by atoms with Crippen LogP contribution in [0.2, 0.25) is 0 Å². The molecule has 0 saturated heterocycles.